The maximum absolute atomic E-state index is 11.5. The van der Waals surface area contributed by atoms with E-state index in [0.29, 0.717) is 13.0 Å². The van der Waals surface area contributed by atoms with E-state index in [0.717, 1.165) is 41.7 Å². The zero-order valence-corrected chi connectivity index (χ0v) is 16.0. The minimum Gasteiger partial charge on any atom is -0.466 e. The summed E-state index contributed by atoms with van der Waals surface area (Å²) in [6, 6.07) is 14.4. The normalized spacial score (nSPS) is 11.3. The molecule has 0 bridgehead atoms. The van der Waals surface area contributed by atoms with Crippen molar-refractivity contribution in [2.24, 2.45) is 0 Å². The van der Waals surface area contributed by atoms with E-state index in [1.54, 1.807) is 0 Å². The van der Waals surface area contributed by atoms with Gasteiger partial charge in [0.25, 0.3) is 0 Å². The Kier molecular flexibility index (Phi) is 6.42. The van der Waals surface area contributed by atoms with E-state index in [1.165, 1.54) is 11.1 Å². The fourth-order valence-corrected chi connectivity index (χ4v) is 3.19. The molecule has 1 aromatic heterocycles. The first-order valence-corrected chi connectivity index (χ1v) is 9.54. The van der Waals surface area contributed by atoms with Crippen molar-refractivity contribution in [3.8, 4) is 0 Å². The number of hydrogen-bond acceptors (Lipinski definition) is 3. The Balaban J connectivity index is 1.71. The molecule has 0 unspecified atom stereocenters. The smallest absolute Gasteiger partial charge is 0.305 e. The van der Waals surface area contributed by atoms with Crippen LogP contribution in [0.2, 0.25) is 0 Å². The molecule has 4 nitrogen and oxygen atoms in total. The van der Waals surface area contributed by atoms with E-state index in [-0.39, 0.29) is 5.97 Å². The molecule has 3 aromatic rings. The Bertz CT molecular complexity index is 926. The van der Waals surface area contributed by atoms with Crippen LogP contribution < -0.4 is 0 Å². The minimum atomic E-state index is -0.111. The number of fused-ring (bicyclic) bond motifs is 1. The zero-order valence-electron chi connectivity index (χ0n) is 16.0. The summed E-state index contributed by atoms with van der Waals surface area (Å²) in [6.45, 7) is 4.40. The number of H-pyrrole nitrogens is 1. The standard InChI is InChI=1S/C23H26N2O2/c1-3-27-22(26)12-8-7-11-19-17(2)13-15-20-23(19)25-21(24-20)16-14-18-9-5-4-6-10-18/h4-6,9-10,13-16H,3,7-8,11-12H2,1-2H3,(H,24,25)/b16-14+. The monoisotopic (exact) mass is 362 g/mol. The van der Waals surface area contributed by atoms with Gasteiger partial charge >= 0.3 is 5.97 Å². The van der Waals surface area contributed by atoms with Crippen molar-refractivity contribution in [3.63, 3.8) is 0 Å². The lowest BCUT2D eigenvalue weighted by atomic mass is 10.0. The van der Waals surface area contributed by atoms with Crippen LogP contribution in [0.25, 0.3) is 23.2 Å². The lowest BCUT2D eigenvalue weighted by Crippen LogP contribution is -2.03. The van der Waals surface area contributed by atoms with Crippen LogP contribution in [0.5, 0.6) is 0 Å². The summed E-state index contributed by atoms with van der Waals surface area (Å²) in [4.78, 5) is 19.7. The fraction of sp³-hybridized carbons (Fsp3) is 0.304. The predicted octanol–water partition coefficient (Wildman–Crippen LogP) is 5.32. The van der Waals surface area contributed by atoms with Gasteiger partial charge in [0.15, 0.2) is 0 Å². The van der Waals surface area contributed by atoms with E-state index < -0.39 is 0 Å². The molecule has 0 amide bonds. The molecule has 0 saturated heterocycles. The number of rotatable bonds is 8. The number of unbranched alkanes of at least 4 members (excludes halogenated alkanes) is 1. The van der Waals surface area contributed by atoms with Crippen LogP contribution in [0.15, 0.2) is 42.5 Å². The van der Waals surface area contributed by atoms with E-state index in [2.05, 4.69) is 42.2 Å². The number of esters is 1. The molecule has 3 rings (SSSR count). The fourth-order valence-electron chi connectivity index (χ4n) is 3.19. The van der Waals surface area contributed by atoms with Gasteiger partial charge in [-0.05, 0) is 61.9 Å². The molecule has 2 aromatic carbocycles. The van der Waals surface area contributed by atoms with E-state index in [1.807, 2.05) is 31.2 Å². The van der Waals surface area contributed by atoms with Crippen LogP contribution in [0.4, 0.5) is 0 Å². The van der Waals surface area contributed by atoms with Crippen LogP contribution in [-0.2, 0) is 16.0 Å². The van der Waals surface area contributed by atoms with Crippen molar-refractivity contribution in [2.75, 3.05) is 6.61 Å². The Morgan fingerprint density at radius 2 is 1.93 bits per heavy atom. The Hall–Kier alpha value is -2.88. The van der Waals surface area contributed by atoms with E-state index in [4.69, 9.17) is 9.72 Å². The molecule has 140 valence electrons. The van der Waals surface area contributed by atoms with Crippen molar-refractivity contribution in [1.82, 2.24) is 9.97 Å². The summed E-state index contributed by atoms with van der Waals surface area (Å²) >= 11 is 0. The van der Waals surface area contributed by atoms with Gasteiger partial charge in [-0.25, -0.2) is 4.98 Å². The molecule has 0 aliphatic rings. The van der Waals surface area contributed by atoms with Gasteiger partial charge in [-0.15, -0.1) is 0 Å². The number of nitrogens with zero attached hydrogens (tertiary/aromatic N) is 1. The van der Waals surface area contributed by atoms with Crippen LogP contribution >= 0.6 is 0 Å². The van der Waals surface area contributed by atoms with Crippen LogP contribution in [0.1, 0.15) is 48.7 Å². The maximum Gasteiger partial charge on any atom is 0.305 e. The maximum atomic E-state index is 11.5. The summed E-state index contributed by atoms with van der Waals surface area (Å²) in [6.07, 6.45) is 7.24. The second-order valence-corrected chi connectivity index (χ2v) is 6.64. The third-order valence-electron chi connectivity index (χ3n) is 4.61. The molecule has 0 aliphatic heterocycles. The van der Waals surface area contributed by atoms with Gasteiger partial charge in [0, 0.05) is 6.42 Å². The van der Waals surface area contributed by atoms with Crippen molar-refractivity contribution in [3.05, 3.63) is 65.0 Å². The first-order valence-electron chi connectivity index (χ1n) is 9.54. The van der Waals surface area contributed by atoms with Gasteiger partial charge in [0.1, 0.15) is 5.82 Å². The number of imidazole rings is 1. The van der Waals surface area contributed by atoms with Crippen molar-refractivity contribution >= 4 is 29.2 Å². The topological polar surface area (TPSA) is 55.0 Å². The van der Waals surface area contributed by atoms with Crippen molar-refractivity contribution in [2.45, 2.75) is 39.5 Å². The van der Waals surface area contributed by atoms with E-state index >= 15 is 0 Å². The van der Waals surface area contributed by atoms with E-state index in [9.17, 15) is 4.79 Å². The molecular formula is C23H26N2O2. The third-order valence-corrected chi connectivity index (χ3v) is 4.61. The number of nitrogens with one attached hydrogen (secondary N) is 1. The van der Waals surface area contributed by atoms with Crippen molar-refractivity contribution < 1.29 is 9.53 Å². The number of aromatic nitrogens is 2. The number of aryl methyl sites for hydroxylation is 2. The lowest BCUT2D eigenvalue weighted by molar-refractivity contribution is -0.143. The van der Waals surface area contributed by atoms with Gasteiger partial charge in [-0.1, -0.05) is 42.5 Å². The third kappa shape index (κ3) is 5.07. The van der Waals surface area contributed by atoms with Gasteiger partial charge in [0.05, 0.1) is 17.6 Å². The molecule has 0 aliphatic carbocycles. The molecule has 0 spiro atoms. The van der Waals surface area contributed by atoms with Gasteiger partial charge < -0.3 is 9.72 Å². The summed E-state index contributed by atoms with van der Waals surface area (Å²) < 4.78 is 4.99. The van der Waals surface area contributed by atoms with Gasteiger partial charge in [-0.3, -0.25) is 4.79 Å². The van der Waals surface area contributed by atoms with Gasteiger partial charge in [0.2, 0.25) is 0 Å². The predicted molar refractivity (Wildman–Crippen MR) is 110 cm³/mol. The largest absolute Gasteiger partial charge is 0.466 e. The lowest BCUT2D eigenvalue weighted by Gasteiger charge is -2.07. The molecule has 1 N–H and O–H groups in total. The quantitative estimate of drug-likeness (QED) is 0.436. The summed E-state index contributed by atoms with van der Waals surface area (Å²) in [5.74, 6) is 0.743. The average molecular weight is 362 g/mol. The minimum absolute atomic E-state index is 0.111. The molecule has 0 atom stereocenters. The number of benzene rings is 2. The molecule has 0 fully saturated rings. The van der Waals surface area contributed by atoms with Crippen LogP contribution in [-0.4, -0.2) is 22.5 Å². The molecule has 0 saturated carbocycles. The molecular weight excluding hydrogens is 336 g/mol. The second-order valence-electron chi connectivity index (χ2n) is 6.64. The zero-order chi connectivity index (χ0) is 19.1. The highest BCUT2D eigenvalue weighted by Gasteiger charge is 2.10. The Morgan fingerprint density at radius 3 is 2.70 bits per heavy atom. The molecule has 1 heterocycles. The SMILES string of the molecule is CCOC(=O)CCCCc1c(C)ccc2[nH]c(/C=C/c3ccccc3)nc12. The first kappa shape index (κ1) is 18.9. The number of ether oxygens (including phenoxy) is 1. The number of carbonyl (C=O) groups excluding carboxylic acids is 1. The molecule has 27 heavy (non-hydrogen) atoms. The van der Waals surface area contributed by atoms with Crippen LogP contribution in [0, 0.1) is 6.92 Å². The number of carbonyl (C=O) groups is 1. The Morgan fingerprint density at radius 1 is 1.11 bits per heavy atom. The molecule has 4 heteroatoms. The highest BCUT2D eigenvalue weighted by atomic mass is 16.5. The number of aromatic amines is 1. The summed E-state index contributed by atoms with van der Waals surface area (Å²) in [5.41, 5.74) is 5.72. The van der Waals surface area contributed by atoms with Crippen LogP contribution in [0.3, 0.4) is 0 Å². The summed E-state index contributed by atoms with van der Waals surface area (Å²) in [7, 11) is 0. The second kappa shape index (κ2) is 9.17. The highest BCUT2D eigenvalue weighted by Crippen LogP contribution is 2.23. The van der Waals surface area contributed by atoms with Crippen molar-refractivity contribution in [1.29, 1.82) is 0 Å². The van der Waals surface area contributed by atoms with Gasteiger partial charge in [-0.2, -0.15) is 0 Å². The highest BCUT2D eigenvalue weighted by molar-refractivity contribution is 5.82. The number of hydrogen-bond donors (Lipinski definition) is 1. The summed E-state index contributed by atoms with van der Waals surface area (Å²) in [5, 5.41) is 0. The average Bonchev–Trinajstić information content (AvgIpc) is 3.09. The molecule has 0 radical (unpaired) electrons. The first-order chi connectivity index (χ1) is 13.2. The Labute approximate surface area is 160 Å².